The van der Waals surface area contributed by atoms with Gasteiger partial charge in [0.05, 0.1) is 0 Å². The Labute approximate surface area is 83.7 Å². The topological polar surface area (TPSA) is 32.9 Å². The van der Waals surface area contributed by atoms with Crippen LogP contribution in [-0.4, -0.2) is 10.8 Å². The quantitative estimate of drug-likeness (QED) is 0.713. The second-order valence-electron chi connectivity index (χ2n) is 4.60. The second kappa shape index (κ2) is 2.97. The Balaban J connectivity index is 1.76. The van der Waals surface area contributed by atoms with Crippen molar-refractivity contribution in [2.45, 2.75) is 25.7 Å². The van der Waals surface area contributed by atoms with Crippen LogP contribution in [0.1, 0.15) is 36.0 Å². The van der Waals surface area contributed by atoms with Gasteiger partial charge in [-0.2, -0.15) is 0 Å². The molecule has 1 heterocycles. The molecule has 0 amide bonds. The van der Waals surface area contributed by atoms with Crippen molar-refractivity contribution in [1.29, 1.82) is 0 Å². The summed E-state index contributed by atoms with van der Waals surface area (Å²) in [6.07, 6.45) is 8.89. The molecule has 0 aliphatic heterocycles. The molecule has 0 aromatic carbocycles. The van der Waals surface area contributed by atoms with E-state index in [1.54, 1.807) is 0 Å². The zero-order valence-electron chi connectivity index (χ0n) is 8.20. The Morgan fingerprint density at radius 1 is 1.29 bits per heavy atom. The highest BCUT2D eigenvalue weighted by molar-refractivity contribution is 5.99. The van der Waals surface area contributed by atoms with Crippen molar-refractivity contribution in [3.63, 3.8) is 0 Å². The third kappa shape index (κ3) is 1.13. The molecule has 2 nitrogen and oxygen atoms in total. The highest BCUT2D eigenvalue weighted by Crippen LogP contribution is 2.56. The fourth-order valence-electron chi connectivity index (χ4n) is 3.05. The number of aromatic nitrogens is 1. The Kier molecular flexibility index (Phi) is 1.76. The lowest BCUT2D eigenvalue weighted by Crippen LogP contribution is -2.02. The molecule has 0 saturated heterocycles. The van der Waals surface area contributed by atoms with Crippen molar-refractivity contribution in [3.05, 3.63) is 24.0 Å². The van der Waals surface area contributed by atoms with Crippen molar-refractivity contribution in [2.75, 3.05) is 0 Å². The molecule has 2 saturated carbocycles. The van der Waals surface area contributed by atoms with Gasteiger partial charge in [0.2, 0.25) is 0 Å². The third-order valence-corrected chi connectivity index (χ3v) is 3.84. The lowest BCUT2D eigenvalue weighted by atomic mass is 10.0. The number of rotatable bonds is 2. The molecule has 0 radical (unpaired) electrons. The number of hydrogen-bond donors (Lipinski definition) is 1. The van der Waals surface area contributed by atoms with Crippen molar-refractivity contribution >= 4 is 5.78 Å². The number of carbonyl (C=O) groups is 1. The first-order valence-corrected chi connectivity index (χ1v) is 5.55. The minimum atomic E-state index is 0.369. The lowest BCUT2D eigenvalue weighted by molar-refractivity contribution is 0.0956. The van der Waals surface area contributed by atoms with Gasteiger partial charge in [0.15, 0.2) is 5.78 Å². The van der Waals surface area contributed by atoms with E-state index in [0.717, 1.165) is 17.4 Å². The van der Waals surface area contributed by atoms with E-state index in [1.807, 2.05) is 18.5 Å². The standard InChI is InChI=1S/C12H15NO/c14-12(8-5-6-13-7-8)11-9-3-1-2-4-10(9)11/h5-7,9-11,13H,1-4H2. The van der Waals surface area contributed by atoms with E-state index in [0.29, 0.717) is 11.7 Å². The summed E-state index contributed by atoms with van der Waals surface area (Å²) in [5, 5.41) is 0. The van der Waals surface area contributed by atoms with E-state index >= 15 is 0 Å². The predicted octanol–water partition coefficient (Wildman–Crippen LogP) is 2.63. The van der Waals surface area contributed by atoms with Crippen LogP contribution < -0.4 is 0 Å². The van der Waals surface area contributed by atoms with E-state index in [-0.39, 0.29) is 0 Å². The molecular weight excluding hydrogens is 174 g/mol. The van der Waals surface area contributed by atoms with Crippen LogP contribution in [0.25, 0.3) is 0 Å². The molecule has 1 N–H and O–H groups in total. The van der Waals surface area contributed by atoms with E-state index in [4.69, 9.17) is 0 Å². The smallest absolute Gasteiger partial charge is 0.168 e. The monoisotopic (exact) mass is 189 g/mol. The first kappa shape index (κ1) is 8.27. The summed E-state index contributed by atoms with van der Waals surface area (Å²) in [5.74, 6) is 2.20. The van der Waals surface area contributed by atoms with E-state index < -0.39 is 0 Å². The Bertz CT molecular complexity index is 329. The van der Waals surface area contributed by atoms with Crippen LogP contribution in [0, 0.1) is 17.8 Å². The molecule has 2 fully saturated rings. The number of carbonyl (C=O) groups excluding carboxylic acids is 1. The van der Waals surface area contributed by atoms with Crippen molar-refractivity contribution in [2.24, 2.45) is 17.8 Å². The number of Topliss-reactive ketones (excluding diaryl/α,β-unsaturated/α-hetero) is 1. The zero-order valence-corrected chi connectivity index (χ0v) is 8.20. The number of ketones is 1. The summed E-state index contributed by atoms with van der Waals surface area (Å²) in [6, 6.07) is 1.90. The molecule has 1 aromatic heterocycles. The Morgan fingerprint density at radius 3 is 2.57 bits per heavy atom. The van der Waals surface area contributed by atoms with Gasteiger partial charge in [0, 0.05) is 23.9 Å². The molecule has 2 atom stereocenters. The molecule has 3 rings (SSSR count). The Morgan fingerprint density at radius 2 is 2.00 bits per heavy atom. The summed E-state index contributed by atoms with van der Waals surface area (Å²) >= 11 is 0. The average molecular weight is 189 g/mol. The maximum absolute atomic E-state index is 12.0. The average Bonchev–Trinajstić information content (AvgIpc) is 2.70. The van der Waals surface area contributed by atoms with Gasteiger partial charge in [-0.25, -0.2) is 0 Å². The molecule has 74 valence electrons. The van der Waals surface area contributed by atoms with Crippen molar-refractivity contribution in [1.82, 2.24) is 4.98 Å². The van der Waals surface area contributed by atoms with Gasteiger partial charge in [0.1, 0.15) is 0 Å². The van der Waals surface area contributed by atoms with Gasteiger partial charge in [0.25, 0.3) is 0 Å². The largest absolute Gasteiger partial charge is 0.367 e. The Hall–Kier alpha value is -1.05. The fourth-order valence-corrected chi connectivity index (χ4v) is 3.05. The maximum Gasteiger partial charge on any atom is 0.168 e. The van der Waals surface area contributed by atoms with Crippen molar-refractivity contribution in [3.8, 4) is 0 Å². The van der Waals surface area contributed by atoms with Gasteiger partial charge in [-0.05, 0) is 30.7 Å². The highest BCUT2D eigenvalue weighted by atomic mass is 16.1. The van der Waals surface area contributed by atoms with Gasteiger partial charge < -0.3 is 4.98 Å². The number of H-pyrrole nitrogens is 1. The van der Waals surface area contributed by atoms with E-state index in [1.165, 1.54) is 25.7 Å². The van der Waals surface area contributed by atoms with Crippen molar-refractivity contribution < 1.29 is 4.79 Å². The summed E-state index contributed by atoms with van der Waals surface area (Å²) in [6.45, 7) is 0. The highest BCUT2D eigenvalue weighted by Gasteiger charge is 2.54. The van der Waals surface area contributed by atoms with E-state index in [2.05, 4.69) is 4.98 Å². The molecule has 14 heavy (non-hydrogen) atoms. The molecule has 2 aliphatic rings. The van der Waals surface area contributed by atoms with Gasteiger partial charge >= 0.3 is 0 Å². The fraction of sp³-hybridized carbons (Fsp3) is 0.583. The summed E-state index contributed by atoms with van der Waals surface area (Å²) in [5.41, 5.74) is 0.879. The number of hydrogen-bond acceptors (Lipinski definition) is 1. The molecule has 2 aliphatic carbocycles. The molecule has 0 spiro atoms. The number of fused-ring (bicyclic) bond motifs is 1. The molecule has 2 unspecified atom stereocenters. The first-order chi connectivity index (χ1) is 6.88. The lowest BCUT2D eigenvalue weighted by Gasteiger charge is -2.04. The number of nitrogens with one attached hydrogen (secondary N) is 1. The minimum Gasteiger partial charge on any atom is -0.367 e. The van der Waals surface area contributed by atoms with Gasteiger partial charge in [-0.15, -0.1) is 0 Å². The van der Waals surface area contributed by atoms with Crippen LogP contribution in [0.3, 0.4) is 0 Å². The maximum atomic E-state index is 12.0. The second-order valence-corrected chi connectivity index (χ2v) is 4.60. The SMILES string of the molecule is O=C(c1cc[nH]c1)C1C2CCCCC21. The van der Waals surface area contributed by atoms with Crippen LogP contribution in [0.4, 0.5) is 0 Å². The van der Waals surface area contributed by atoms with Crippen LogP contribution in [0.2, 0.25) is 0 Å². The molecule has 2 heteroatoms. The van der Waals surface area contributed by atoms with Crippen LogP contribution >= 0.6 is 0 Å². The third-order valence-electron chi connectivity index (χ3n) is 3.84. The summed E-state index contributed by atoms with van der Waals surface area (Å²) in [7, 11) is 0. The normalized spacial score (nSPS) is 35.0. The molecule has 0 bridgehead atoms. The first-order valence-electron chi connectivity index (χ1n) is 5.55. The number of aromatic amines is 1. The van der Waals surface area contributed by atoms with E-state index in [9.17, 15) is 4.79 Å². The van der Waals surface area contributed by atoms with Crippen LogP contribution in [0.15, 0.2) is 18.5 Å². The van der Waals surface area contributed by atoms with Crippen LogP contribution in [0.5, 0.6) is 0 Å². The van der Waals surface area contributed by atoms with Gasteiger partial charge in [-0.1, -0.05) is 12.8 Å². The summed E-state index contributed by atoms with van der Waals surface area (Å²) < 4.78 is 0. The molecule has 1 aromatic rings. The van der Waals surface area contributed by atoms with Gasteiger partial charge in [-0.3, -0.25) is 4.79 Å². The minimum absolute atomic E-state index is 0.369. The predicted molar refractivity (Wildman–Crippen MR) is 54.1 cm³/mol. The zero-order chi connectivity index (χ0) is 9.54. The van der Waals surface area contributed by atoms with Crippen LogP contribution in [-0.2, 0) is 0 Å². The molecular formula is C12H15NO. The summed E-state index contributed by atoms with van der Waals surface area (Å²) in [4.78, 5) is 15.0.